The highest BCUT2D eigenvalue weighted by molar-refractivity contribution is 5.25. The Bertz CT molecular complexity index is 421. The Labute approximate surface area is 111 Å². The van der Waals surface area contributed by atoms with Gasteiger partial charge in [-0.3, -0.25) is 0 Å². The van der Waals surface area contributed by atoms with E-state index in [0.717, 1.165) is 19.0 Å². The lowest BCUT2D eigenvalue weighted by atomic mass is 10.1. The molecular weight excluding hydrogens is 253 g/mol. The monoisotopic (exact) mass is 272 g/mol. The van der Waals surface area contributed by atoms with Crippen LogP contribution in [0.5, 0.6) is 0 Å². The zero-order valence-electron chi connectivity index (χ0n) is 11.2. The van der Waals surface area contributed by atoms with Gasteiger partial charge >= 0.3 is 6.18 Å². The van der Waals surface area contributed by atoms with Gasteiger partial charge in [0.25, 0.3) is 0 Å². The first-order valence-electron chi connectivity index (χ1n) is 6.46. The van der Waals surface area contributed by atoms with Crippen molar-refractivity contribution in [3.8, 4) is 0 Å². The average molecular weight is 272 g/mol. The van der Waals surface area contributed by atoms with Crippen molar-refractivity contribution in [2.24, 2.45) is 0 Å². The minimum atomic E-state index is -4.27. The Kier molecular flexibility index (Phi) is 4.16. The summed E-state index contributed by atoms with van der Waals surface area (Å²) >= 11 is 0. The number of halogens is 3. The van der Waals surface area contributed by atoms with E-state index in [1.165, 1.54) is 12.1 Å². The highest BCUT2D eigenvalue weighted by atomic mass is 19.4. The Hall–Kier alpha value is -1.07. The largest absolute Gasteiger partial charge is 0.416 e. The van der Waals surface area contributed by atoms with Gasteiger partial charge < -0.3 is 10.2 Å². The summed E-state index contributed by atoms with van der Waals surface area (Å²) in [6, 6.07) is 6.39. The van der Waals surface area contributed by atoms with E-state index in [9.17, 15) is 13.2 Å². The minimum Gasteiger partial charge on any atom is -0.309 e. The third kappa shape index (κ3) is 3.70. The second-order valence-electron chi connectivity index (χ2n) is 5.30. The van der Waals surface area contributed by atoms with Gasteiger partial charge in [-0.15, -0.1) is 0 Å². The third-order valence-electron chi connectivity index (χ3n) is 3.74. The van der Waals surface area contributed by atoms with Gasteiger partial charge in [0.1, 0.15) is 0 Å². The van der Waals surface area contributed by atoms with Crippen molar-refractivity contribution >= 4 is 0 Å². The van der Waals surface area contributed by atoms with E-state index in [1.807, 2.05) is 0 Å². The van der Waals surface area contributed by atoms with Gasteiger partial charge in [0, 0.05) is 25.2 Å². The lowest BCUT2D eigenvalue weighted by Gasteiger charge is -2.14. The molecule has 1 aromatic carbocycles. The first kappa shape index (κ1) is 14.3. The molecular formula is C14H19F3N2. The molecule has 0 spiro atoms. The van der Waals surface area contributed by atoms with Crippen molar-refractivity contribution in [2.45, 2.75) is 38.1 Å². The van der Waals surface area contributed by atoms with Crippen molar-refractivity contribution in [2.75, 3.05) is 13.6 Å². The maximum absolute atomic E-state index is 12.6. The number of benzene rings is 1. The molecule has 1 saturated heterocycles. The molecule has 2 nitrogen and oxygen atoms in total. The van der Waals surface area contributed by atoms with Crippen LogP contribution in [0.4, 0.5) is 13.2 Å². The highest BCUT2D eigenvalue weighted by Crippen LogP contribution is 2.29. The first-order valence-corrected chi connectivity index (χ1v) is 6.46. The fourth-order valence-corrected chi connectivity index (χ4v) is 2.46. The molecule has 19 heavy (non-hydrogen) atoms. The Morgan fingerprint density at radius 1 is 1.37 bits per heavy atom. The Morgan fingerprint density at radius 2 is 2.11 bits per heavy atom. The van der Waals surface area contributed by atoms with Gasteiger partial charge in [-0.1, -0.05) is 18.2 Å². The molecule has 1 aliphatic heterocycles. The fraction of sp³-hybridized carbons (Fsp3) is 0.571. The zero-order valence-corrected chi connectivity index (χ0v) is 11.2. The van der Waals surface area contributed by atoms with Crippen molar-refractivity contribution < 1.29 is 13.2 Å². The number of likely N-dealkylation sites (N-methyl/N-ethyl adjacent to an activating group) is 1. The van der Waals surface area contributed by atoms with Crippen LogP contribution < -0.4 is 5.32 Å². The van der Waals surface area contributed by atoms with Crippen LogP contribution in [-0.2, 0) is 12.7 Å². The van der Waals surface area contributed by atoms with Gasteiger partial charge in [0.15, 0.2) is 0 Å². The molecule has 5 heteroatoms. The van der Waals surface area contributed by atoms with Gasteiger partial charge in [-0.05, 0) is 32.0 Å². The van der Waals surface area contributed by atoms with E-state index >= 15 is 0 Å². The molecule has 1 fully saturated rings. The number of nitrogens with zero attached hydrogens (tertiary/aromatic N) is 1. The van der Waals surface area contributed by atoms with Crippen molar-refractivity contribution in [3.63, 3.8) is 0 Å². The second-order valence-corrected chi connectivity index (χ2v) is 5.30. The summed E-state index contributed by atoms with van der Waals surface area (Å²) in [5.41, 5.74) is 0.0979. The lowest BCUT2D eigenvalue weighted by molar-refractivity contribution is -0.137. The molecule has 0 aliphatic carbocycles. The summed E-state index contributed by atoms with van der Waals surface area (Å²) < 4.78 is 37.8. The molecule has 2 atom stereocenters. The van der Waals surface area contributed by atoms with Crippen molar-refractivity contribution in [1.29, 1.82) is 0 Å². The van der Waals surface area contributed by atoms with E-state index in [1.54, 1.807) is 6.07 Å². The van der Waals surface area contributed by atoms with Gasteiger partial charge in [-0.25, -0.2) is 0 Å². The van der Waals surface area contributed by atoms with Gasteiger partial charge in [-0.2, -0.15) is 13.2 Å². The SMILES string of the molecule is CC1CC(NCc2cccc(C(F)(F)F)c2)CN1C. The standard InChI is InChI=1S/C14H19F3N2/c1-10-6-13(9-19(10)2)18-8-11-4-3-5-12(7-11)14(15,16)17/h3-5,7,10,13,18H,6,8-9H2,1-2H3. The lowest BCUT2D eigenvalue weighted by Crippen LogP contribution is -2.31. The molecule has 1 aromatic rings. The number of nitrogens with one attached hydrogen (secondary N) is 1. The summed E-state index contributed by atoms with van der Waals surface area (Å²) in [4.78, 5) is 2.25. The van der Waals surface area contributed by atoms with E-state index in [-0.39, 0.29) is 0 Å². The van der Waals surface area contributed by atoms with Crippen LogP contribution in [0.25, 0.3) is 0 Å². The van der Waals surface area contributed by atoms with Crippen LogP contribution in [0.2, 0.25) is 0 Å². The van der Waals surface area contributed by atoms with Gasteiger partial charge in [0.05, 0.1) is 5.56 Å². The summed E-state index contributed by atoms with van der Waals surface area (Å²) in [6.45, 7) is 3.58. The molecule has 0 aromatic heterocycles. The number of hydrogen-bond acceptors (Lipinski definition) is 2. The van der Waals surface area contributed by atoms with E-state index in [4.69, 9.17) is 0 Å². The van der Waals surface area contributed by atoms with Crippen LogP contribution >= 0.6 is 0 Å². The van der Waals surface area contributed by atoms with Crippen LogP contribution in [-0.4, -0.2) is 30.6 Å². The highest BCUT2D eigenvalue weighted by Gasteiger charge is 2.30. The molecule has 106 valence electrons. The number of alkyl halides is 3. The van der Waals surface area contributed by atoms with E-state index < -0.39 is 11.7 Å². The van der Waals surface area contributed by atoms with Crippen LogP contribution in [0.15, 0.2) is 24.3 Å². The molecule has 0 amide bonds. The smallest absolute Gasteiger partial charge is 0.309 e. The van der Waals surface area contributed by atoms with Gasteiger partial charge in [0.2, 0.25) is 0 Å². The van der Waals surface area contributed by atoms with Crippen molar-refractivity contribution in [1.82, 2.24) is 10.2 Å². The fourth-order valence-electron chi connectivity index (χ4n) is 2.46. The topological polar surface area (TPSA) is 15.3 Å². The number of rotatable bonds is 3. The third-order valence-corrected chi connectivity index (χ3v) is 3.74. The van der Waals surface area contributed by atoms with E-state index in [0.29, 0.717) is 24.2 Å². The minimum absolute atomic E-state index is 0.356. The summed E-state index contributed by atoms with van der Waals surface area (Å²) in [7, 11) is 2.07. The molecule has 0 bridgehead atoms. The maximum Gasteiger partial charge on any atom is 0.416 e. The summed E-state index contributed by atoms with van der Waals surface area (Å²) in [5, 5.41) is 3.33. The normalized spacial score (nSPS) is 24.9. The number of likely N-dealkylation sites (tertiary alicyclic amines) is 1. The maximum atomic E-state index is 12.6. The van der Waals surface area contributed by atoms with Crippen LogP contribution in [0, 0.1) is 0 Å². The van der Waals surface area contributed by atoms with E-state index in [2.05, 4.69) is 24.2 Å². The van der Waals surface area contributed by atoms with Crippen LogP contribution in [0.1, 0.15) is 24.5 Å². The molecule has 1 N–H and O–H groups in total. The first-order chi connectivity index (χ1) is 8.86. The van der Waals surface area contributed by atoms with Crippen LogP contribution in [0.3, 0.4) is 0 Å². The molecule has 1 aliphatic rings. The molecule has 0 saturated carbocycles. The summed E-state index contributed by atoms with van der Waals surface area (Å²) in [6.07, 6.45) is -3.23. The average Bonchev–Trinajstić information content (AvgIpc) is 2.66. The number of hydrogen-bond donors (Lipinski definition) is 1. The molecule has 2 rings (SSSR count). The van der Waals surface area contributed by atoms with Crippen molar-refractivity contribution in [3.05, 3.63) is 35.4 Å². The molecule has 1 heterocycles. The predicted molar refractivity (Wildman–Crippen MR) is 68.8 cm³/mol. The molecule has 0 radical (unpaired) electrons. The second kappa shape index (κ2) is 5.51. The quantitative estimate of drug-likeness (QED) is 0.910. The Balaban J connectivity index is 1.93. The molecule has 2 unspecified atom stereocenters. The zero-order chi connectivity index (χ0) is 14.0. The predicted octanol–water partition coefficient (Wildman–Crippen LogP) is 2.89. The Morgan fingerprint density at radius 3 is 2.68 bits per heavy atom. The summed E-state index contributed by atoms with van der Waals surface area (Å²) in [5.74, 6) is 0.